The minimum Gasteiger partial charge on any atom is -0.314 e. The maximum atomic E-state index is 12.1. The second-order valence-corrected chi connectivity index (χ2v) is 5.33. The van der Waals surface area contributed by atoms with Crippen molar-refractivity contribution in [2.75, 3.05) is 31.5 Å². The monoisotopic (exact) mass is 265 g/mol. The van der Waals surface area contributed by atoms with Crippen LogP contribution in [0.1, 0.15) is 26.8 Å². The summed E-state index contributed by atoms with van der Waals surface area (Å²) in [5, 5.41) is 10.5. The van der Waals surface area contributed by atoms with Crippen molar-refractivity contribution in [2.24, 2.45) is 0 Å². The molecule has 1 fully saturated rings. The van der Waals surface area contributed by atoms with Crippen molar-refractivity contribution in [1.29, 1.82) is 0 Å². The number of hydrogen-bond donors (Lipinski definition) is 2. The third-order valence-electron chi connectivity index (χ3n) is 3.41. The molecule has 2 heterocycles. The van der Waals surface area contributed by atoms with Gasteiger partial charge in [0.2, 0.25) is 5.91 Å². The zero-order valence-corrected chi connectivity index (χ0v) is 11.9. The summed E-state index contributed by atoms with van der Waals surface area (Å²) in [5.74, 6) is 0.791. The summed E-state index contributed by atoms with van der Waals surface area (Å²) in [6.45, 7) is 9.46. The number of carbonyl (C=O) groups is 1. The van der Waals surface area contributed by atoms with Crippen molar-refractivity contribution in [3.8, 4) is 0 Å². The molecule has 19 heavy (non-hydrogen) atoms. The lowest BCUT2D eigenvalue weighted by atomic mass is 10.2. The van der Waals surface area contributed by atoms with Crippen LogP contribution in [0.15, 0.2) is 12.3 Å². The van der Waals surface area contributed by atoms with E-state index < -0.39 is 0 Å². The Morgan fingerprint density at radius 2 is 2.42 bits per heavy atom. The Labute approximate surface area is 114 Å². The van der Waals surface area contributed by atoms with Gasteiger partial charge in [-0.05, 0) is 20.8 Å². The van der Waals surface area contributed by atoms with E-state index in [0.29, 0.717) is 12.6 Å². The molecule has 1 atom stereocenters. The van der Waals surface area contributed by atoms with E-state index in [1.807, 2.05) is 24.6 Å². The Bertz CT molecular complexity index is 428. The van der Waals surface area contributed by atoms with Crippen molar-refractivity contribution in [1.82, 2.24) is 20.0 Å². The van der Waals surface area contributed by atoms with Gasteiger partial charge in [0.15, 0.2) is 0 Å². The number of rotatable bonds is 4. The third kappa shape index (κ3) is 3.54. The first kappa shape index (κ1) is 14.0. The molecular formula is C13H23N5O. The van der Waals surface area contributed by atoms with Gasteiger partial charge in [-0.15, -0.1) is 0 Å². The van der Waals surface area contributed by atoms with Crippen LogP contribution in [0, 0.1) is 0 Å². The lowest BCUT2D eigenvalue weighted by molar-refractivity contribution is -0.118. The van der Waals surface area contributed by atoms with E-state index in [2.05, 4.69) is 27.6 Å². The Kier molecular flexibility index (Phi) is 4.55. The van der Waals surface area contributed by atoms with Crippen LogP contribution in [0.4, 0.5) is 5.82 Å². The number of aromatic nitrogens is 2. The molecule has 6 heteroatoms. The van der Waals surface area contributed by atoms with Crippen molar-refractivity contribution >= 4 is 11.7 Å². The molecule has 0 saturated carbocycles. The quantitative estimate of drug-likeness (QED) is 0.841. The molecule has 1 aromatic rings. The van der Waals surface area contributed by atoms with Crippen LogP contribution < -0.4 is 10.6 Å². The maximum Gasteiger partial charge on any atom is 0.239 e. The minimum atomic E-state index is 0.0242. The fraction of sp³-hybridized carbons (Fsp3) is 0.692. The van der Waals surface area contributed by atoms with Gasteiger partial charge in [0.1, 0.15) is 5.82 Å². The first-order valence-electron chi connectivity index (χ1n) is 6.86. The van der Waals surface area contributed by atoms with Gasteiger partial charge in [0, 0.05) is 37.8 Å². The normalized spacial score (nSPS) is 20.7. The number of hydrogen-bond acceptors (Lipinski definition) is 4. The predicted octanol–water partition coefficient (Wildman–Crippen LogP) is 0.696. The van der Waals surface area contributed by atoms with Crippen LogP contribution in [0.2, 0.25) is 0 Å². The van der Waals surface area contributed by atoms with Gasteiger partial charge in [-0.3, -0.25) is 9.69 Å². The highest BCUT2D eigenvalue weighted by Gasteiger charge is 2.20. The molecule has 0 unspecified atom stereocenters. The zero-order chi connectivity index (χ0) is 13.8. The largest absolute Gasteiger partial charge is 0.314 e. The molecule has 0 aromatic carbocycles. The topological polar surface area (TPSA) is 62.2 Å². The summed E-state index contributed by atoms with van der Waals surface area (Å²) >= 11 is 0. The van der Waals surface area contributed by atoms with Gasteiger partial charge in [0.25, 0.3) is 0 Å². The standard InChI is InChI=1S/C13H23N5O/c1-10(2)18-12(4-5-15-18)16-13(19)9-17-7-6-14-8-11(17)3/h4-5,10-11,14H,6-9H2,1-3H3,(H,16,19)/t11-/m0/s1. The molecule has 2 rings (SSSR count). The third-order valence-corrected chi connectivity index (χ3v) is 3.41. The molecule has 0 radical (unpaired) electrons. The van der Waals surface area contributed by atoms with E-state index in [1.54, 1.807) is 6.20 Å². The van der Waals surface area contributed by atoms with Gasteiger partial charge in [-0.1, -0.05) is 0 Å². The van der Waals surface area contributed by atoms with E-state index in [4.69, 9.17) is 0 Å². The average Bonchev–Trinajstić information content (AvgIpc) is 2.80. The summed E-state index contributed by atoms with van der Waals surface area (Å²) in [6, 6.07) is 2.47. The van der Waals surface area contributed by atoms with Crippen molar-refractivity contribution in [2.45, 2.75) is 32.9 Å². The molecule has 0 aliphatic carbocycles. The molecule has 2 N–H and O–H groups in total. The second kappa shape index (κ2) is 6.16. The number of amides is 1. The fourth-order valence-electron chi connectivity index (χ4n) is 2.31. The summed E-state index contributed by atoms with van der Waals surface area (Å²) in [4.78, 5) is 14.3. The number of nitrogens with zero attached hydrogens (tertiary/aromatic N) is 3. The summed E-state index contributed by atoms with van der Waals surface area (Å²) in [6.07, 6.45) is 1.71. The average molecular weight is 265 g/mol. The molecule has 1 saturated heterocycles. The van der Waals surface area contributed by atoms with E-state index in [-0.39, 0.29) is 11.9 Å². The summed E-state index contributed by atoms with van der Waals surface area (Å²) in [7, 11) is 0. The number of anilines is 1. The van der Waals surface area contributed by atoms with Gasteiger partial charge in [0.05, 0.1) is 12.7 Å². The first-order valence-corrected chi connectivity index (χ1v) is 6.86. The Morgan fingerprint density at radius 3 is 3.11 bits per heavy atom. The number of nitrogens with one attached hydrogen (secondary N) is 2. The van der Waals surface area contributed by atoms with Crippen LogP contribution in [0.25, 0.3) is 0 Å². The Hall–Kier alpha value is -1.40. The maximum absolute atomic E-state index is 12.1. The van der Waals surface area contributed by atoms with Gasteiger partial charge in [-0.25, -0.2) is 4.68 Å². The molecule has 1 amide bonds. The molecular weight excluding hydrogens is 242 g/mol. The molecule has 1 aliphatic heterocycles. The van der Waals surface area contributed by atoms with E-state index >= 15 is 0 Å². The van der Waals surface area contributed by atoms with Crippen molar-refractivity contribution in [3.63, 3.8) is 0 Å². The van der Waals surface area contributed by atoms with Crippen LogP contribution in [-0.2, 0) is 4.79 Å². The highest BCUT2D eigenvalue weighted by Crippen LogP contribution is 2.13. The van der Waals surface area contributed by atoms with Crippen LogP contribution in [0.3, 0.4) is 0 Å². The number of carbonyl (C=O) groups excluding carboxylic acids is 1. The minimum absolute atomic E-state index is 0.0242. The van der Waals surface area contributed by atoms with Crippen molar-refractivity contribution in [3.05, 3.63) is 12.3 Å². The predicted molar refractivity (Wildman–Crippen MR) is 75.1 cm³/mol. The Morgan fingerprint density at radius 1 is 1.63 bits per heavy atom. The lowest BCUT2D eigenvalue weighted by Crippen LogP contribution is -2.52. The molecule has 1 aliphatic rings. The summed E-state index contributed by atoms with van der Waals surface area (Å²) in [5.41, 5.74) is 0. The zero-order valence-electron chi connectivity index (χ0n) is 11.9. The fourth-order valence-corrected chi connectivity index (χ4v) is 2.31. The SMILES string of the molecule is CC(C)n1nccc1NC(=O)CN1CCNC[C@@H]1C. The lowest BCUT2D eigenvalue weighted by Gasteiger charge is -2.33. The number of piperazine rings is 1. The van der Waals surface area contributed by atoms with Crippen LogP contribution in [-0.4, -0.2) is 52.8 Å². The molecule has 106 valence electrons. The highest BCUT2D eigenvalue weighted by molar-refractivity contribution is 5.91. The van der Waals surface area contributed by atoms with Crippen molar-refractivity contribution < 1.29 is 4.79 Å². The first-order chi connectivity index (χ1) is 9.08. The highest BCUT2D eigenvalue weighted by atomic mass is 16.2. The van der Waals surface area contributed by atoms with Gasteiger partial charge < -0.3 is 10.6 Å². The molecule has 6 nitrogen and oxygen atoms in total. The van der Waals surface area contributed by atoms with Crippen LogP contribution in [0.5, 0.6) is 0 Å². The Balaban J connectivity index is 1.92. The smallest absolute Gasteiger partial charge is 0.239 e. The van der Waals surface area contributed by atoms with E-state index in [9.17, 15) is 4.79 Å². The van der Waals surface area contributed by atoms with E-state index in [0.717, 1.165) is 25.5 Å². The van der Waals surface area contributed by atoms with Gasteiger partial charge in [-0.2, -0.15) is 5.10 Å². The summed E-state index contributed by atoms with van der Waals surface area (Å²) < 4.78 is 1.82. The molecule has 0 bridgehead atoms. The molecule has 0 spiro atoms. The van der Waals surface area contributed by atoms with Crippen LogP contribution >= 0.6 is 0 Å². The van der Waals surface area contributed by atoms with Gasteiger partial charge >= 0.3 is 0 Å². The second-order valence-electron chi connectivity index (χ2n) is 5.33. The van der Waals surface area contributed by atoms with E-state index in [1.165, 1.54) is 0 Å². The molecule has 1 aromatic heterocycles.